The van der Waals surface area contributed by atoms with Gasteiger partial charge in [0.25, 0.3) is 5.91 Å². The van der Waals surface area contributed by atoms with Gasteiger partial charge >= 0.3 is 0 Å². The minimum Gasteiger partial charge on any atom is -0.481 e. The lowest BCUT2D eigenvalue weighted by molar-refractivity contribution is 0.0945. The molecule has 4 rings (SSSR count). The topological polar surface area (TPSA) is 130 Å². The van der Waals surface area contributed by atoms with Gasteiger partial charge in [-0.2, -0.15) is 0 Å². The molecule has 0 radical (unpaired) electrons. The van der Waals surface area contributed by atoms with Crippen LogP contribution in [0.2, 0.25) is 0 Å². The van der Waals surface area contributed by atoms with Crippen molar-refractivity contribution in [2.45, 2.75) is 19.4 Å². The van der Waals surface area contributed by atoms with Gasteiger partial charge in [-0.1, -0.05) is 6.07 Å². The average Bonchev–Trinajstić information content (AvgIpc) is 3.26. The SMILES string of the molecule is COc1ncccc1-c1ccc(N=O)c(-c2nc3ccc(C(=O)NCCC(C)O)cc3[nH]2)c1. The van der Waals surface area contributed by atoms with E-state index in [0.717, 1.165) is 11.1 Å². The van der Waals surface area contributed by atoms with Crippen LogP contribution in [0.5, 0.6) is 5.88 Å². The zero-order chi connectivity index (χ0) is 23.4. The van der Waals surface area contributed by atoms with Gasteiger partial charge in [-0.05, 0) is 66.5 Å². The van der Waals surface area contributed by atoms with E-state index in [0.29, 0.717) is 46.8 Å². The van der Waals surface area contributed by atoms with Gasteiger partial charge in [0.15, 0.2) is 0 Å². The first kappa shape index (κ1) is 22.1. The summed E-state index contributed by atoms with van der Waals surface area (Å²) < 4.78 is 5.35. The van der Waals surface area contributed by atoms with Crippen molar-refractivity contribution in [1.29, 1.82) is 0 Å². The second kappa shape index (κ2) is 9.58. The summed E-state index contributed by atoms with van der Waals surface area (Å²) in [5.41, 5.74) is 4.07. The Balaban J connectivity index is 1.69. The number of aliphatic hydroxyl groups excluding tert-OH is 1. The molecule has 1 unspecified atom stereocenters. The van der Waals surface area contributed by atoms with Crippen molar-refractivity contribution in [3.8, 4) is 28.4 Å². The number of imidazole rings is 1. The third kappa shape index (κ3) is 4.73. The van der Waals surface area contributed by atoms with Crippen molar-refractivity contribution in [3.05, 3.63) is 65.2 Å². The molecule has 0 aliphatic carbocycles. The fraction of sp³-hybridized carbons (Fsp3) is 0.208. The number of nitrogens with zero attached hydrogens (tertiary/aromatic N) is 3. The van der Waals surface area contributed by atoms with E-state index >= 15 is 0 Å². The number of hydrogen-bond donors (Lipinski definition) is 3. The molecule has 0 aliphatic rings. The molecule has 168 valence electrons. The Morgan fingerprint density at radius 3 is 2.82 bits per heavy atom. The molecular weight excluding hydrogens is 422 g/mol. The van der Waals surface area contributed by atoms with E-state index in [1.54, 1.807) is 62.7 Å². The molecule has 0 spiro atoms. The number of aliphatic hydroxyl groups is 1. The summed E-state index contributed by atoms with van der Waals surface area (Å²) in [7, 11) is 1.55. The standard InChI is InChI=1S/C24H23N5O4/c1-14(30)9-11-25-23(31)16-6-8-20-21(13-16)28-22(27-20)18-12-15(5-7-19(18)29-32)17-4-3-10-26-24(17)33-2/h3-8,10,12-14,30H,9,11H2,1-2H3,(H,25,31)(H,27,28). The Hall–Kier alpha value is -4.11. The maximum absolute atomic E-state index is 12.4. The first-order valence-corrected chi connectivity index (χ1v) is 10.4. The van der Waals surface area contributed by atoms with E-state index in [1.165, 1.54) is 0 Å². The lowest BCUT2D eigenvalue weighted by Crippen LogP contribution is -2.26. The minimum absolute atomic E-state index is 0.233. The van der Waals surface area contributed by atoms with Crippen LogP contribution in [0.1, 0.15) is 23.7 Å². The molecule has 0 saturated carbocycles. The Bertz CT molecular complexity index is 1320. The first-order valence-electron chi connectivity index (χ1n) is 10.4. The van der Waals surface area contributed by atoms with Crippen molar-refractivity contribution in [2.24, 2.45) is 5.18 Å². The van der Waals surface area contributed by atoms with Crippen LogP contribution in [0.3, 0.4) is 0 Å². The molecule has 0 fully saturated rings. The molecule has 4 aromatic rings. The van der Waals surface area contributed by atoms with Gasteiger partial charge in [-0.3, -0.25) is 4.79 Å². The van der Waals surface area contributed by atoms with Gasteiger partial charge < -0.3 is 20.1 Å². The molecule has 2 aromatic carbocycles. The van der Waals surface area contributed by atoms with E-state index in [-0.39, 0.29) is 11.6 Å². The maximum atomic E-state index is 12.4. The highest BCUT2D eigenvalue weighted by Crippen LogP contribution is 2.36. The number of fused-ring (bicyclic) bond motifs is 1. The number of hydrogen-bond acceptors (Lipinski definition) is 7. The number of H-pyrrole nitrogens is 1. The number of nitrogens with one attached hydrogen (secondary N) is 2. The summed E-state index contributed by atoms with van der Waals surface area (Å²) in [6.45, 7) is 2.05. The average molecular weight is 445 g/mol. The normalized spacial score (nSPS) is 11.8. The van der Waals surface area contributed by atoms with Crippen molar-refractivity contribution in [2.75, 3.05) is 13.7 Å². The molecule has 9 heteroatoms. The molecule has 33 heavy (non-hydrogen) atoms. The van der Waals surface area contributed by atoms with Gasteiger partial charge in [0.2, 0.25) is 5.88 Å². The fourth-order valence-electron chi connectivity index (χ4n) is 3.52. The lowest BCUT2D eigenvalue weighted by atomic mass is 10.0. The highest BCUT2D eigenvalue weighted by atomic mass is 16.5. The number of benzene rings is 2. The summed E-state index contributed by atoms with van der Waals surface area (Å²) in [6.07, 6.45) is 1.63. The van der Waals surface area contributed by atoms with Gasteiger partial charge in [0.05, 0.1) is 24.2 Å². The van der Waals surface area contributed by atoms with Crippen LogP contribution in [0, 0.1) is 4.91 Å². The quantitative estimate of drug-likeness (QED) is 0.349. The van der Waals surface area contributed by atoms with Crippen LogP contribution in [-0.4, -0.2) is 45.7 Å². The number of nitroso groups, excluding NO2 is 1. The third-order valence-electron chi connectivity index (χ3n) is 5.22. The second-order valence-electron chi connectivity index (χ2n) is 7.59. The number of amides is 1. The van der Waals surface area contributed by atoms with Crippen molar-refractivity contribution in [3.63, 3.8) is 0 Å². The fourth-order valence-corrected chi connectivity index (χ4v) is 3.52. The zero-order valence-electron chi connectivity index (χ0n) is 18.2. The Kier molecular flexibility index (Phi) is 6.41. The molecule has 0 saturated heterocycles. The number of pyridine rings is 1. The summed E-state index contributed by atoms with van der Waals surface area (Å²) in [4.78, 5) is 35.9. The zero-order valence-corrected chi connectivity index (χ0v) is 18.2. The molecule has 0 aliphatic heterocycles. The summed E-state index contributed by atoms with van der Waals surface area (Å²) in [5.74, 6) is 0.678. The molecule has 9 nitrogen and oxygen atoms in total. The van der Waals surface area contributed by atoms with E-state index < -0.39 is 6.10 Å². The minimum atomic E-state index is -0.481. The molecule has 2 aromatic heterocycles. The number of carbonyl (C=O) groups excluding carboxylic acids is 1. The molecule has 2 heterocycles. The van der Waals surface area contributed by atoms with Crippen molar-refractivity contribution < 1.29 is 14.6 Å². The smallest absolute Gasteiger partial charge is 0.251 e. The van der Waals surface area contributed by atoms with Gasteiger partial charge in [-0.15, -0.1) is 4.91 Å². The first-order chi connectivity index (χ1) is 16.0. The van der Waals surface area contributed by atoms with E-state index in [4.69, 9.17) is 4.74 Å². The van der Waals surface area contributed by atoms with Crippen LogP contribution < -0.4 is 10.1 Å². The number of carbonyl (C=O) groups is 1. The monoisotopic (exact) mass is 445 g/mol. The van der Waals surface area contributed by atoms with E-state index in [1.807, 2.05) is 6.07 Å². The predicted octanol–water partition coefficient (Wildman–Crippen LogP) is 4.20. The van der Waals surface area contributed by atoms with Gasteiger partial charge in [0, 0.05) is 29.4 Å². The number of methoxy groups -OCH3 is 1. The molecule has 3 N–H and O–H groups in total. The largest absolute Gasteiger partial charge is 0.481 e. The van der Waals surface area contributed by atoms with E-state index in [2.05, 4.69) is 25.4 Å². The molecule has 0 bridgehead atoms. The summed E-state index contributed by atoms with van der Waals surface area (Å²) >= 11 is 0. The van der Waals surface area contributed by atoms with Crippen molar-refractivity contribution in [1.82, 2.24) is 20.3 Å². The summed E-state index contributed by atoms with van der Waals surface area (Å²) in [6, 6.07) is 14.0. The predicted molar refractivity (Wildman–Crippen MR) is 125 cm³/mol. The van der Waals surface area contributed by atoms with E-state index in [9.17, 15) is 14.8 Å². The van der Waals surface area contributed by atoms with Gasteiger partial charge in [-0.25, -0.2) is 9.97 Å². The number of ether oxygens (including phenoxy) is 1. The summed E-state index contributed by atoms with van der Waals surface area (Å²) in [5, 5.41) is 15.3. The number of aromatic amines is 1. The van der Waals surface area contributed by atoms with Crippen LogP contribution in [0.4, 0.5) is 5.69 Å². The number of rotatable bonds is 8. The third-order valence-corrected chi connectivity index (χ3v) is 5.22. The maximum Gasteiger partial charge on any atom is 0.251 e. The Morgan fingerprint density at radius 1 is 1.21 bits per heavy atom. The highest BCUT2D eigenvalue weighted by molar-refractivity contribution is 5.98. The van der Waals surface area contributed by atoms with Crippen LogP contribution in [-0.2, 0) is 0 Å². The number of aromatic nitrogens is 3. The van der Waals surface area contributed by atoms with Crippen LogP contribution in [0.25, 0.3) is 33.5 Å². The van der Waals surface area contributed by atoms with Gasteiger partial charge in [0.1, 0.15) is 11.5 Å². The molecule has 1 amide bonds. The van der Waals surface area contributed by atoms with Crippen molar-refractivity contribution >= 4 is 22.6 Å². The second-order valence-corrected chi connectivity index (χ2v) is 7.59. The molecule has 1 atom stereocenters. The highest BCUT2D eigenvalue weighted by Gasteiger charge is 2.16. The van der Waals surface area contributed by atoms with Crippen LogP contribution in [0.15, 0.2) is 59.9 Å². The molecular formula is C24H23N5O4. The Labute approximate surface area is 189 Å². The Morgan fingerprint density at radius 2 is 2.06 bits per heavy atom. The lowest BCUT2D eigenvalue weighted by Gasteiger charge is -2.09. The van der Waals surface area contributed by atoms with Crippen LogP contribution >= 0.6 is 0 Å².